The van der Waals surface area contributed by atoms with Gasteiger partial charge >= 0.3 is 0 Å². The molecule has 1 N–H and O–H groups in total. The zero-order chi connectivity index (χ0) is 14.2. The van der Waals surface area contributed by atoms with Crippen LogP contribution >= 0.6 is 0 Å². The van der Waals surface area contributed by atoms with E-state index in [4.69, 9.17) is 4.74 Å². The van der Waals surface area contributed by atoms with Crippen molar-refractivity contribution < 1.29 is 4.74 Å². The molecule has 1 unspecified atom stereocenters. The fourth-order valence-electron chi connectivity index (χ4n) is 2.67. The van der Waals surface area contributed by atoms with Gasteiger partial charge < -0.3 is 15.0 Å². The van der Waals surface area contributed by atoms with Crippen LogP contribution in [-0.4, -0.2) is 63.9 Å². The molecular weight excluding hydrogens is 250 g/mol. The Morgan fingerprint density at radius 3 is 2.50 bits per heavy atom. The topological polar surface area (TPSA) is 27.7 Å². The summed E-state index contributed by atoms with van der Waals surface area (Å²) in [5.41, 5.74) is 1.35. The third-order valence-electron chi connectivity index (χ3n) is 3.98. The molecule has 1 aromatic rings. The average Bonchev–Trinajstić information content (AvgIpc) is 2.52. The smallest absolute Gasteiger partial charge is 0.0587 e. The maximum absolute atomic E-state index is 5.05. The van der Waals surface area contributed by atoms with E-state index in [9.17, 15) is 0 Å². The van der Waals surface area contributed by atoms with Gasteiger partial charge in [0.1, 0.15) is 0 Å². The maximum Gasteiger partial charge on any atom is 0.0587 e. The lowest BCUT2D eigenvalue weighted by Crippen LogP contribution is -2.52. The van der Waals surface area contributed by atoms with Crippen LogP contribution in [0.5, 0.6) is 0 Å². The maximum atomic E-state index is 5.05. The average molecular weight is 277 g/mol. The number of ether oxygens (including phenoxy) is 1. The molecule has 0 aliphatic carbocycles. The number of methoxy groups -OCH3 is 1. The first-order chi connectivity index (χ1) is 9.81. The Kier molecular flexibility index (Phi) is 6.30. The Labute approximate surface area is 122 Å². The lowest BCUT2D eigenvalue weighted by atomic mass is 10.2. The molecule has 0 spiro atoms. The van der Waals surface area contributed by atoms with Crippen LogP contribution in [0.1, 0.15) is 6.92 Å². The minimum Gasteiger partial charge on any atom is -0.383 e. The number of rotatable bonds is 7. The molecule has 0 saturated carbocycles. The predicted octanol–water partition coefficient (Wildman–Crippen LogP) is 1.43. The number of hydrogen-bond acceptors (Lipinski definition) is 4. The van der Waals surface area contributed by atoms with Crippen molar-refractivity contribution in [1.82, 2.24) is 10.2 Å². The molecule has 0 radical (unpaired) electrons. The van der Waals surface area contributed by atoms with Crippen LogP contribution < -0.4 is 10.2 Å². The standard InChI is InChI=1S/C16H27N3O/c1-15(14-17-8-13-20-2)18-9-11-19(12-10-18)16-6-4-3-5-7-16/h3-7,15,17H,8-14H2,1-2H3. The lowest BCUT2D eigenvalue weighted by Gasteiger charge is -2.39. The molecule has 4 heteroatoms. The molecule has 0 bridgehead atoms. The van der Waals surface area contributed by atoms with E-state index in [1.165, 1.54) is 5.69 Å². The quantitative estimate of drug-likeness (QED) is 0.763. The fourth-order valence-corrected chi connectivity index (χ4v) is 2.67. The Bertz CT molecular complexity index is 363. The third kappa shape index (κ3) is 4.47. The highest BCUT2D eigenvalue weighted by Gasteiger charge is 2.20. The Morgan fingerprint density at radius 2 is 1.85 bits per heavy atom. The van der Waals surface area contributed by atoms with E-state index in [1.54, 1.807) is 7.11 Å². The second-order valence-electron chi connectivity index (χ2n) is 5.40. The molecule has 1 saturated heterocycles. The molecule has 1 aliphatic rings. The fraction of sp³-hybridized carbons (Fsp3) is 0.625. The second-order valence-corrected chi connectivity index (χ2v) is 5.40. The number of benzene rings is 1. The molecule has 1 aromatic carbocycles. The van der Waals surface area contributed by atoms with E-state index in [2.05, 4.69) is 52.4 Å². The first-order valence-corrected chi connectivity index (χ1v) is 7.55. The van der Waals surface area contributed by atoms with Gasteiger partial charge in [-0.15, -0.1) is 0 Å². The van der Waals surface area contributed by atoms with Gasteiger partial charge in [-0.1, -0.05) is 18.2 Å². The predicted molar refractivity (Wildman–Crippen MR) is 84.4 cm³/mol. The van der Waals surface area contributed by atoms with Crippen LogP contribution in [-0.2, 0) is 4.74 Å². The summed E-state index contributed by atoms with van der Waals surface area (Å²) < 4.78 is 5.05. The third-order valence-corrected chi connectivity index (χ3v) is 3.98. The van der Waals surface area contributed by atoms with Crippen LogP contribution in [0.15, 0.2) is 30.3 Å². The highest BCUT2D eigenvalue weighted by Crippen LogP contribution is 2.16. The molecule has 1 fully saturated rings. The van der Waals surface area contributed by atoms with Crippen molar-refractivity contribution in [2.75, 3.05) is 57.9 Å². The molecular formula is C16H27N3O. The van der Waals surface area contributed by atoms with Crippen molar-refractivity contribution in [1.29, 1.82) is 0 Å². The number of nitrogens with zero attached hydrogens (tertiary/aromatic N) is 2. The van der Waals surface area contributed by atoms with E-state index in [-0.39, 0.29) is 0 Å². The van der Waals surface area contributed by atoms with Crippen LogP contribution in [0.3, 0.4) is 0 Å². The van der Waals surface area contributed by atoms with Crippen molar-refractivity contribution in [3.8, 4) is 0 Å². The van der Waals surface area contributed by atoms with E-state index < -0.39 is 0 Å². The van der Waals surface area contributed by atoms with Gasteiger partial charge in [0.2, 0.25) is 0 Å². The summed E-state index contributed by atoms with van der Waals surface area (Å²) in [5.74, 6) is 0. The number of anilines is 1. The van der Waals surface area contributed by atoms with E-state index in [0.29, 0.717) is 6.04 Å². The van der Waals surface area contributed by atoms with Gasteiger partial charge in [0.25, 0.3) is 0 Å². The number of para-hydroxylation sites is 1. The van der Waals surface area contributed by atoms with Gasteiger partial charge in [0, 0.05) is 58.1 Å². The summed E-state index contributed by atoms with van der Waals surface area (Å²) in [6.07, 6.45) is 0. The summed E-state index contributed by atoms with van der Waals surface area (Å²) in [5, 5.41) is 3.45. The Hall–Kier alpha value is -1.10. The highest BCUT2D eigenvalue weighted by atomic mass is 16.5. The first kappa shape index (κ1) is 15.3. The largest absolute Gasteiger partial charge is 0.383 e. The Morgan fingerprint density at radius 1 is 1.15 bits per heavy atom. The van der Waals surface area contributed by atoms with Gasteiger partial charge in [-0.2, -0.15) is 0 Å². The summed E-state index contributed by atoms with van der Waals surface area (Å²) in [6, 6.07) is 11.3. The molecule has 1 aliphatic heterocycles. The summed E-state index contributed by atoms with van der Waals surface area (Å²) >= 11 is 0. The molecule has 1 atom stereocenters. The van der Waals surface area contributed by atoms with Crippen LogP contribution in [0.4, 0.5) is 5.69 Å². The van der Waals surface area contributed by atoms with Gasteiger partial charge in [0.05, 0.1) is 6.61 Å². The lowest BCUT2D eigenvalue weighted by molar-refractivity contribution is 0.177. The second kappa shape index (κ2) is 8.25. The molecule has 4 nitrogen and oxygen atoms in total. The normalized spacial score (nSPS) is 18.2. The minimum atomic E-state index is 0.588. The van der Waals surface area contributed by atoms with Crippen molar-refractivity contribution in [2.45, 2.75) is 13.0 Å². The monoisotopic (exact) mass is 277 g/mol. The first-order valence-electron chi connectivity index (χ1n) is 7.55. The van der Waals surface area contributed by atoms with Crippen LogP contribution in [0, 0.1) is 0 Å². The molecule has 0 aromatic heterocycles. The molecule has 1 heterocycles. The molecule has 2 rings (SSSR count). The molecule has 112 valence electrons. The van der Waals surface area contributed by atoms with Crippen molar-refractivity contribution >= 4 is 5.69 Å². The zero-order valence-electron chi connectivity index (χ0n) is 12.7. The van der Waals surface area contributed by atoms with Crippen molar-refractivity contribution in [3.05, 3.63) is 30.3 Å². The van der Waals surface area contributed by atoms with Crippen LogP contribution in [0.2, 0.25) is 0 Å². The van der Waals surface area contributed by atoms with E-state index >= 15 is 0 Å². The van der Waals surface area contributed by atoms with Gasteiger partial charge in [0.15, 0.2) is 0 Å². The van der Waals surface area contributed by atoms with E-state index in [1.807, 2.05) is 0 Å². The van der Waals surface area contributed by atoms with Gasteiger partial charge in [-0.05, 0) is 19.1 Å². The Balaban J connectivity index is 1.71. The minimum absolute atomic E-state index is 0.588. The number of hydrogen-bond donors (Lipinski definition) is 1. The number of nitrogens with one attached hydrogen (secondary N) is 1. The van der Waals surface area contributed by atoms with Crippen molar-refractivity contribution in [3.63, 3.8) is 0 Å². The highest BCUT2D eigenvalue weighted by molar-refractivity contribution is 5.46. The molecule has 0 amide bonds. The molecule has 20 heavy (non-hydrogen) atoms. The van der Waals surface area contributed by atoms with Crippen molar-refractivity contribution in [2.24, 2.45) is 0 Å². The summed E-state index contributed by atoms with van der Waals surface area (Å²) in [4.78, 5) is 5.04. The SMILES string of the molecule is COCCNCC(C)N1CCN(c2ccccc2)CC1. The van der Waals surface area contributed by atoms with E-state index in [0.717, 1.165) is 45.9 Å². The van der Waals surface area contributed by atoms with Crippen LogP contribution in [0.25, 0.3) is 0 Å². The number of piperazine rings is 1. The summed E-state index contributed by atoms with van der Waals surface area (Å²) in [6.45, 7) is 9.58. The zero-order valence-corrected chi connectivity index (χ0v) is 12.7. The van der Waals surface area contributed by atoms with Gasteiger partial charge in [-0.3, -0.25) is 4.90 Å². The van der Waals surface area contributed by atoms with Gasteiger partial charge in [-0.25, -0.2) is 0 Å². The summed E-state index contributed by atoms with van der Waals surface area (Å²) in [7, 11) is 1.74.